The van der Waals surface area contributed by atoms with Gasteiger partial charge in [0.05, 0.1) is 12.8 Å². The Balaban J connectivity index is 2.18. The Morgan fingerprint density at radius 2 is 1.90 bits per heavy atom. The Bertz CT molecular complexity index is 635. The molecule has 3 nitrogen and oxygen atoms in total. The number of hydrogen-bond donors (Lipinski definition) is 1. The molecule has 0 heterocycles. The first-order valence-corrected chi connectivity index (χ1v) is 6.50. The molecule has 0 saturated carbocycles. The van der Waals surface area contributed by atoms with E-state index < -0.39 is 11.6 Å². The molecule has 0 aliphatic heterocycles. The highest BCUT2D eigenvalue weighted by Gasteiger charge is 2.10. The Kier molecular flexibility index (Phi) is 4.44. The van der Waals surface area contributed by atoms with Crippen molar-refractivity contribution >= 4 is 21.6 Å². The normalized spacial score (nSPS) is 10.4. The number of rotatable bonds is 4. The number of ether oxygens (including phenoxy) is 2. The van der Waals surface area contributed by atoms with Crippen molar-refractivity contribution in [2.24, 2.45) is 0 Å². The lowest BCUT2D eigenvalue weighted by Gasteiger charge is -2.11. The molecule has 0 aliphatic rings. The Labute approximate surface area is 123 Å². The summed E-state index contributed by atoms with van der Waals surface area (Å²) in [6, 6.07) is 7.13. The zero-order chi connectivity index (χ0) is 14.7. The van der Waals surface area contributed by atoms with E-state index in [1.807, 2.05) is 0 Å². The van der Waals surface area contributed by atoms with Gasteiger partial charge in [0.1, 0.15) is 18.2 Å². The molecule has 0 atom stereocenters. The van der Waals surface area contributed by atoms with Crippen LogP contribution in [-0.4, -0.2) is 7.11 Å². The molecule has 2 aromatic carbocycles. The largest absolute Gasteiger partial charge is 0.497 e. The number of anilines is 1. The van der Waals surface area contributed by atoms with Crippen LogP contribution < -0.4 is 15.2 Å². The zero-order valence-electron chi connectivity index (χ0n) is 10.6. The molecule has 2 N–H and O–H groups in total. The molecule has 2 rings (SSSR count). The fourth-order valence-electron chi connectivity index (χ4n) is 1.60. The van der Waals surface area contributed by atoms with E-state index in [-0.39, 0.29) is 18.0 Å². The van der Waals surface area contributed by atoms with Crippen LogP contribution in [0.5, 0.6) is 11.5 Å². The lowest BCUT2D eigenvalue weighted by molar-refractivity contribution is 0.287. The summed E-state index contributed by atoms with van der Waals surface area (Å²) in [6.45, 7) is 0.0675. The van der Waals surface area contributed by atoms with E-state index in [1.165, 1.54) is 0 Å². The molecule has 6 heteroatoms. The molecule has 20 heavy (non-hydrogen) atoms. The first-order valence-electron chi connectivity index (χ1n) is 5.71. The average Bonchev–Trinajstić information content (AvgIpc) is 2.43. The maximum absolute atomic E-state index is 13.6. The molecular weight excluding hydrogens is 332 g/mol. The van der Waals surface area contributed by atoms with E-state index in [0.717, 1.165) is 22.2 Å². The summed E-state index contributed by atoms with van der Waals surface area (Å²) in [5, 5.41) is 0. The van der Waals surface area contributed by atoms with Crippen LogP contribution in [0, 0.1) is 11.6 Å². The molecule has 106 valence electrons. The highest BCUT2D eigenvalue weighted by molar-refractivity contribution is 9.10. The molecule has 0 amide bonds. The van der Waals surface area contributed by atoms with E-state index in [2.05, 4.69) is 15.9 Å². The predicted molar refractivity (Wildman–Crippen MR) is 75.8 cm³/mol. The van der Waals surface area contributed by atoms with Crippen molar-refractivity contribution in [3.05, 3.63) is 52.0 Å². The second-order valence-corrected chi connectivity index (χ2v) is 4.90. The quantitative estimate of drug-likeness (QED) is 0.856. The third kappa shape index (κ3) is 3.19. The summed E-state index contributed by atoms with van der Waals surface area (Å²) >= 11 is 3.35. The van der Waals surface area contributed by atoms with Crippen molar-refractivity contribution < 1.29 is 18.3 Å². The second kappa shape index (κ2) is 6.09. The van der Waals surface area contributed by atoms with E-state index in [0.29, 0.717) is 5.75 Å². The molecule has 0 aromatic heterocycles. The van der Waals surface area contributed by atoms with Crippen LogP contribution in [-0.2, 0) is 6.61 Å². The fraction of sp³-hybridized carbons (Fsp3) is 0.143. The summed E-state index contributed by atoms with van der Waals surface area (Å²) in [7, 11) is 1.54. The molecule has 0 aliphatic carbocycles. The van der Waals surface area contributed by atoms with Crippen molar-refractivity contribution in [1.29, 1.82) is 0 Å². The van der Waals surface area contributed by atoms with Crippen molar-refractivity contribution in [1.82, 2.24) is 0 Å². The van der Waals surface area contributed by atoms with Gasteiger partial charge in [-0.15, -0.1) is 0 Å². The monoisotopic (exact) mass is 343 g/mol. The van der Waals surface area contributed by atoms with E-state index in [9.17, 15) is 8.78 Å². The van der Waals surface area contributed by atoms with Gasteiger partial charge in [-0.3, -0.25) is 0 Å². The average molecular weight is 344 g/mol. The standard InChI is InChI=1S/C14H12BrF2NO2/c1-19-9-2-3-10(15)8(4-9)7-20-14-6-11(16)13(18)5-12(14)17/h2-6H,7,18H2,1H3. The van der Waals surface area contributed by atoms with E-state index in [4.69, 9.17) is 15.2 Å². The lowest BCUT2D eigenvalue weighted by Crippen LogP contribution is -2.01. The molecule has 0 bridgehead atoms. The Morgan fingerprint density at radius 3 is 2.60 bits per heavy atom. The van der Waals surface area contributed by atoms with Crippen LogP contribution in [0.15, 0.2) is 34.8 Å². The van der Waals surface area contributed by atoms with Gasteiger partial charge in [0.2, 0.25) is 0 Å². The molecule has 2 aromatic rings. The van der Waals surface area contributed by atoms with Crippen LogP contribution >= 0.6 is 15.9 Å². The van der Waals surface area contributed by atoms with Crippen molar-refractivity contribution in [2.75, 3.05) is 12.8 Å². The molecule has 0 saturated heterocycles. The summed E-state index contributed by atoms with van der Waals surface area (Å²) in [5.41, 5.74) is 5.76. The van der Waals surface area contributed by atoms with Crippen LogP contribution in [0.25, 0.3) is 0 Å². The van der Waals surface area contributed by atoms with Crippen LogP contribution in [0.3, 0.4) is 0 Å². The third-order valence-corrected chi connectivity index (χ3v) is 3.46. The predicted octanol–water partition coefficient (Wildman–Crippen LogP) is 3.90. The SMILES string of the molecule is COc1ccc(Br)c(COc2cc(F)c(N)cc2F)c1. The van der Waals surface area contributed by atoms with Crippen LogP contribution in [0.1, 0.15) is 5.56 Å². The highest BCUT2D eigenvalue weighted by atomic mass is 79.9. The molecule has 0 unspecified atom stereocenters. The molecule has 0 spiro atoms. The number of nitrogens with two attached hydrogens (primary N) is 1. The van der Waals surface area contributed by atoms with Crippen LogP contribution in [0.4, 0.5) is 14.5 Å². The van der Waals surface area contributed by atoms with Gasteiger partial charge >= 0.3 is 0 Å². The van der Waals surface area contributed by atoms with E-state index >= 15 is 0 Å². The lowest BCUT2D eigenvalue weighted by atomic mass is 10.2. The minimum Gasteiger partial charge on any atom is -0.497 e. The number of hydrogen-bond acceptors (Lipinski definition) is 3. The fourth-order valence-corrected chi connectivity index (χ4v) is 1.96. The van der Waals surface area contributed by atoms with Gasteiger partial charge in [-0.1, -0.05) is 15.9 Å². The first-order chi connectivity index (χ1) is 9.51. The number of benzene rings is 2. The third-order valence-electron chi connectivity index (χ3n) is 2.69. The maximum atomic E-state index is 13.6. The topological polar surface area (TPSA) is 44.5 Å². The van der Waals surface area contributed by atoms with Crippen LogP contribution in [0.2, 0.25) is 0 Å². The van der Waals surface area contributed by atoms with Gasteiger partial charge in [-0.25, -0.2) is 8.78 Å². The molecular formula is C14H12BrF2NO2. The van der Waals surface area contributed by atoms with Gasteiger partial charge in [0.15, 0.2) is 11.6 Å². The Morgan fingerprint density at radius 1 is 1.15 bits per heavy atom. The van der Waals surface area contributed by atoms with Gasteiger partial charge in [-0.2, -0.15) is 0 Å². The number of methoxy groups -OCH3 is 1. The smallest absolute Gasteiger partial charge is 0.167 e. The highest BCUT2D eigenvalue weighted by Crippen LogP contribution is 2.27. The summed E-state index contributed by atoms with van der Waals surface area (Å²) in [4.78, 5) is 0. The van der Waals surface area contributed by atoms with Crippen molar-refractivity contribution in [3.8, 4) is 11.5 Å². The van der Waals surface area contributed by atoms with E-state index in [1.54, 1.807) is 25.3 Å². The summed E-state index contributed by atoms with van der Waals surface area (Å²) < 4.78 is 38.0. The van der Waals surface area contributed by atoms with Gasteiger partial charge in [0.25, 0.3) is 0 Å². The summed E-state index contributed by atoms with van der Waals surface area (Å²) in [5.74, 6) is -0.962. The maximum Gasteiger partial charge on any atom is 0.167 e. The number of halogens is 3. The van der Waals surface area contributed by atoms with Crippen molar-refractivity contribution in [3.63, 3.8) is 0 Å². The minimum atomic E-state index is -0.717. The minimum absolute atomic E-state index is 0.0675. The van der Waals surface area contributed by atoms with Crippen molar-refractivity contribution in [2.45, 2.75) is 6.61 Å². The summed E-state index contributed by atoms with van der Waals surface area (Å²) in [6.07, 6.45) is 0. The second-order valence-electron chi connectivity index (χ2n) is 4.05. The van der Waals surface area contributed by atoms with Gasteiger partial charge in [-0.05, 0) is 18.2 Å². The Hall–Kier alpha value is -1.82. The van der Waals surface area contributed by atoms with Gasteiger partial charge < -0.3 is 15.2 Å². The zero-order valence-corrected chi connectivity index (χ0v) is 12.2. The molecule has 0 radical (unpaired) electrons. The molecule has 0 fully saturated rings. The first kappa shape index (κ1) is 14.6. The number of nitrogen functional groups attached to an aromatic ring is 1. The van der Waals surface area contributed by atoms with Gasteiger partial charge in [0, 0.05) is 22.2 Å².